The lowest BCUT2D eigenvalue weighted by Gasteiger charge is -2.34. The molecule has 0 spiro atoms. The molecule has 2 fully saturated rings. The van der Waals surface area contributed by atoms with Crippen LogP contribution in [-0.2, 0) is 29.1 Å². The van der Waals surface area contributed by atoms with E-state index < -0.39 is 6.10 Å². The first-order valence-electron chi connectivity index (χ1n) is 16.0. The molecule has 3 aliphatic heterocycles. The van der Waals surface area contributed by atoms with Gasteiger partial charge in [-0.3, -0.25) is 14.5 Å². The van der Waals surface area contributed by atoms with Crippen LogP contribution in [0.3, 0.4) is 0 Å². The Morgan fingerprint density at radius 1 is 1.13 bits per heavy atom. The van der Waals surface area contributed by atoms with Crippen molar-refractivity contribution in [1.82, 2.24) is 24.8 Å². The lowest BCUT2D eigenvalue weighted by Crippen LogP contribution is -2.48. The van der Waals surface area contributed by atoms with Crippen molar-refractivity contribution in [3.63, 3.8) is 0 Å². The number of Topliss-reactive ketones (excluding diaryl/α,β-unsaturated/α-hetero) is 1. The zero-order valence-corrected chi connectivity index (χ0v) is 28.3. The third-order valence-corrected chi connectivity index (χ3v) is 9.09. The van der Waals surface area contributed by atoms with Crippen LogP contribution in [0.5, 0.6) is 5.75 Å². The monoisotopic (exact) mass is 667 g/mol. The second-order valence-electron chi connectivity index (χ2n) is 12.4. The molecule has 0 radical (unpaired) electrons. The van der Waals surface area contributed by atoms with Gasteiger partial charge in [-0.25, -0.2) is 9.97 Å². The maximum Gasteiger partial charge on any atom is 0.228 e. The summed E-state index contributed by atoms with van der Waals surface area (Å²) in [5, 5.41) is 14.3. The van der Waals surface area contributed by atoms with Gasteiger partial charge >= 0.3 is 0 Å². The van der Waals surface area contributed by atoms with Gasteiger partial charge in [-0.15, -0.1) is 0 Å². The van der Waals surface area contributed by atoms with Crippen molar-refractivity contribution in [2.24, 2.45) is 0 Å². The first kappa shape index (κ1) is 34.6. The summed E-state index contributed by atoms with van der Waals surface area (Å²) in [5.74, 6) is 2.54. The van der Waals surface area contributed by atoms with Gasteiger partial charge in [-0.05, 0) is 49.4 Å². The number of piperazine rings is 1. The Labute approximate surface area is 282 Å². The Morgan fingerprint density at radius 2 is 1.91 bits per heavy atom. The van der Waals surface area contributed by atoms with Crippen LogP contribution in [0.4, 0.5) is 11.8 Å². The molecule has 1 amide bonds. The summed E-state index contributed by atoms with van der Waals surface area (Å²) >= 11 is 0. The second kappa shape index (κ2) is 15.5. The van der Waals surface area contributed by atoms with Crippen molar-refractivity contribution in [2.45, 2.75) is 65.3 Å². The predicted octanol–water partition coefficient (Wildman–Crippen LogP) is 2.63. The quantitative estimate of drug-likeness (QED) is 0.274. The largest absolute Gasteiger partial charge is 0.485 e. The molecule has 0 aliphatic carbocycles. The number of hydrogen-bond donors (Lipinski definition) is 2. The van der Waals surface area contributed by atoms with Crippen LogP contribution in [0.2, 0.25) is 0 Å². The third kappa shape index (κ3) is 8.42. The number of rotatable bonds is 12. The number of benzene rings is 1. The first-order chi connectivity index (χ1) is 22.2. The summed E-state index contributed by atoms with van der Waals surface area (Å²) in [6, 6.07) is 5.93. The highest BCUT2D eigenvalue weighted by Gasteiger charge is 2.26. The number of carbonyl (C=O) groups is 2. The zero-order chi connectivity index (χ0) is 32.2. The molecule has 1 aromatic carbocycles. The van der Waals surface area contributed by atoms with E-state index in [1.165, 1.54) is 17.5 Å². The summed E-state index contributed by atoms with van der Waals surface area (Å²) in [4.78, 5) is 44.6. The van der Waals surface area contributed by atoms with Gasteiger partial charge in [0.1, 0.15) is 23.9 Å². The van der Waals surface area contributed by atoms with Gasteiger partial charge < -0.3 is 34.1 Å². The smallest absolute Gasteiger partial charge is 0.228 e. The van der Waals surface area contributed by atoms with Gasteiger partial charge in [0.2, 0.25) is 11.9 Å². The number of anilines is 2. The second-order valence-corrected chi connectivity index (χ2v) is 12.4. The van der Waals surface area contributed by atoms with Gasteiger partial charge in [0.25, 0.3) is 0 Å². The van der Waals surface area contributed by atoms with Gasteiger partial charge in [-0.1, -0.05) is 6.07 Å². The maximum atomic E-state index is 13.4. The van der Waals surface area contributed by atoms with Crippen LogP contribution in [0, 0.1) is 13.8 Å². The number of carbonyl (C=O) groups excluding carboxylic acids is 2. The van der Waals surface area contributed by atoms with Crippen LogP contribution in [0.25, 0.3) is 0 Å². The Hall–Kier alpha value is -3.72. The number of amides is 1. The molecule has 3 aliphatic rings. The molecule has 0 saturated carbocycles. The molecule has 47 heavy (non-hydrogen) atoms. The highest BCUT2D eigenvalue weighted by molar-refractivity contribution is 7.59. The van der Waals surface area contributed by atoms with Crippen molar-refractivity contribution in [2.75, 3.05) is 62.7 Å². The lowest BCUT2D eigenvalue weighted by atomic mass is 9.94. The van der Waals surface area contributed by atoms with Crippen molar-refractivity contribution in [3.8, 4) is 5.75 Å². The van der Waals surface area contributed by atoms with Crippen molar-refractivity contribution in [1.29, 1.82) is 0 Å². The molecule has 2 aromatic heterocycles. The summed E-state index contributed by atoms with van der Waals surface area (Å²) in [6.45, 7) is 11.5. The number of β-amino-alcohol motifs (C(OH)–C–C–N with tert-alkyl or cyclic N) is 1. The van der Waals surface area contributed by atoms with Crippen LogP contribution >= 0.6 is 13.5 Å². The average molecular weight is 668 g/mol. The lowest BCUT2D eigenvalue weighted by molar-refractivity contribution is -0.129. The minimum absolute atomic E-state index is 0. The fourth-order valence-corrected chi connectivity index (χ4v) is 6.16. The summed E-state index contributed by atoms with van der Waals surface area (Å²) < 4.78 is 16.7. The Kier molecular flexibility index (Phi) is 11.4. The van der Waals surface area contributed by atoms with Gasteiger partial charge in [0, 0.05) is 65.2 Å². The van der Waals surface area contributed by atoms with Crippen LogP contribution in [0.1, 0.15) is 58.4 Å². The highest BCUT2D eigenvalue weighted by Crippen LogP contribution is 2.30. The first-order valence-corrected chi connectivity index (χ1v) is 16.0. The Morgan fingerprint density at radius 3 is 2.60 bits per heavy atom. The summed E-state index contributed by atoms with van der Waals surface area (Å²) in [7, 11) is 0. The number of ketones is 1. The van der Waals surface area contributed by atoms with E-state index in [1.54, 1.807) is 17.9 Å². The van der Waals surface area contributed by atoms with E-state index in [4.69, 9.17) is 13.9 Å². The van der Waals surface area contributed by atoms with Gasteiger partial charge in [0.05, 0.1) is 31.1 Å². The molecule has 2 N–H and O–H groups in total. The predicted molar refractivity (Wildman–Crippen MR) is 180 cm³/mol. The summed E-state index contributed by atoms with van der Waals surface area (Å²) in [6.07, 6.45) is 2.16. The van der Waals surface area contributed by atoms with Gasteiger partial charge in [0.15, 0.2) is 17.9 Å². The number of nitrogens with zero attached hydrogens (tertiary/aromatic N) is 6. The van der Waals surface area contributed by atoms with Crippen molar-refractivity contribution < 1.29 is 28.6 Å². The standard InChI is InChI=1S/C33H43N7O6.H2S/c1-21-27-8-9-38(15-24(27)4-7-30(21)45-19-31-22(2)34-20-46-31)16-26(42)5-6-29(43)28-14-32(35-25-17-44-18-25)37-33(36-28)40-12-10-39(11-13-40)23(3)41;/h4,7,14,20,25-26,42H,5-6,8-13,15-19H2,1-3H3,(H,35,36,37);1H2/t26-;/m0./s1. The van der Waals surface area contributed by atoms with E-state index in [0.29, 0.717) is 76.4 Å². The molecule has 2 saturated heterocycles. The minimum atomic E-state index is -0.648. The molecule has 13 nitrogen and oxygen atoms in total. The topological polar surface area (TPSA) is 146 Å². The van der Waals surface area contributed by atoms with E-state index in [2.05, 4.69) is 38.2 Å². The zero-order valence-electron chi connectivity index (χ0n) is 27.3. The third-order valence-electron chi connectivity index (χ3n) is 9.09. The maximum absolute atomic E-state index is 13.4. The molecule has 14 heteroatoms. The van der Waals surface area contributed by atoms with Crippen LogP contribution < -0.4 is 15.0 Å². The molecular formula is C33H45N7O6S. The molecule has 3 aromatic rings. The Balaban J connectivity index is 0.00000433. The number of ether oxygens (including phenoxy) is 2. The SMILES string of the molecule is CC(=O)N1CCN(c2nc(NC3COC3)cc(C(=O)CC[C@H](O)CN3CCc4c(ccc(OCc5ocnc5C)c4C)C3)n2)CC1.S. The van der Waals surface area contributed by atoms with E-state index in [9.17, 15) is 14.7 Å². The summed E-state index contributed by atoms with van der Waals surface area (Å²) in [5.41, 5.74) is 4.80. The molecule has 0 bridgehead atoms. The molecule has 6 rings (SSSR count). The number of oxazole rings is 1. The van der Waals surface area contributed by atoms with Crippen LogP contribution in [0.15, 0.2) is 29.0 Å². The van der Waals surface area contributed by atoms with E-state index in [0.717, 1.165) is 42.3 Å². The number of aromatic nitrogens is 3. The Bertz CT molecular complexity index is 1560. The van der Waals surface area contributed by atoms with Gasteiger partial charge in [-0.2, -0.15) is 18.5 Å². The van der Waals surface area contributed by atoms with E-state index in [-0.39, 0.29) is 37.6 Å². The molecule has 1 atom stereocenters. The molecule has 0 unspecified atom stereocenters. The minimum Gasteiger partial charge on any atom is -0.485 e. The molecule has 254 valence electrons. The number of aryl methyl sites for hydroxylation is 1. The average Bonchev–Trinajstić information content (AvgIpc) is 3.45. The van der Waals surface area contributed by atoms with Crippen molar-refractivity contribution >= 4 is 37.0 Å². The number of fused-ring (bicyclic) bond motifs is 1. The fraction of sp³-hybridized carbons (Fsp3) is 0.545. The highest BCUT2D eigenvalue weighted by atomic mass is 32.1. The number of nitrogens with one attached hydrogen (secondary N) is 1. The van der Waals surface area contributed by atoms with E-state index >= 15 is 0 Å². The van der Waals surface area contributed by atoms with E-state index in [1.807, 2.05) is 17.9 Å². The van der Waals surface area contributed by atoms with Crippen molar-refractivity contribution in [3.05, 3.63) is 58.4 Å². The molecular weight excluding hydrogens is 622 g/mol. The molecule has 5 heterocycles. The number of aliphatic hydroxyl groups excluding tert-OH is 1. The number of hydrogen-bond acceptors (Lipinski definition) is 12. The van der Waals surface area contributed by atoms with Crippen LogP contribution in [-0.4, -0.2) is 106 Å². The fourth-order valence-electron chi connectivity index (χ4n) is 6.16. The normalized spacial score (nSPS) is 17.4. The number of aliphatic hydroxyl groups is 1.